The van der Waals surface area contributed by atoms with E-state index in [0.717, 1.165) is 72.7 Å². The maximum atomic E-state index is 15.3. The lowest BCUT2D eigenvalue weighted by Gasteiger charge is -2.34. The molecular formula is C37H31FNO+. The molecule has 1 atom stereocenters. The number of aryl methyl sites for hydroxylation is 1. The number of para-hydroxylation sites is 1. The number of hydrogen-bond acceptors (Lipinski definition) is 1. The molecule has 0 saturated carbocycles. The number of hydrogen-bond donors (Lipinski definition) is 0. The number of nitrogens with zero attached hydrogens (tertiary/aromatic N) is 1. The standard InChI is InChI=1S/C37H31FNO/c1-7-37(6)21(3)30-20(2)19-26-22-11-8-9-14-29(22)40-35(26)32(30)34-24-15-16-25-31-27(12-10-13-28(31)38)36(4,5)33(25)23(24)17-18-39(34)37/h8-19H,3,7H2,1-2,4-6H3/q+1. The van der Waals surface area contributed by atoms with Crippen LogP contribution in [0.4, 0.5) is 4.39 Å². The average Bonchev–Trinajstić information content (AvgIpc) is 3.43. The Labute approximate surface area is 233 Å². The molecule has 3 heteroatoms. The topological polar surface area (TPSA) is 17.0 Å². The Bertz CT molecular complexity index is 2130. The molecule has 2 aromatic heterocycles. The molecule has 0 saturated heterocycles. The van der Waals surface area contributed by atoms with Crippen LogP contribution in [0.25, 0.3) is 60.7 Å². The summed E-state index contributed by atoms with van der Waals surface area (Å²) in [6.07, 6.45) is 3.13. The summed E-state index contributed by atoms with van der Waals surface area (Å²) in [4.78, 5) is 0. The fourth-order valence-electron chi connectivity index (χ4n) is 7.76. The summed E-state index contributed by atoms with van der Waals surface area (Å²) >= 11 is 0. The van der Waals surface area contributed by atoms with Gasteiger partial charge in [0.05, 0.1) is 10.9 Å². The van der Waals surface area contributed by atoms with Crippen molar-refractivity contribution in [2.24, 2.45) is 0 Å². The van der Waals surface area contributed by atoms with Crippen molar-refractivity contribution in [2.75, 3.05) is 0 Å². The summed E-state index contributed by atoms with van der Waals surface area (Å²) in [6.45, 7) is 15.9. The molecule has 8 rings (SSSR count). The Kier molecular flexibility index (Phi) is 4.42. The molecule has 2 aliphatic rings. The van der Waals surface area contributed by atoms with Crippen LogP contribution in [0.1, 0.15) is 56.4 Å². The number of allylic oxidation sites excluding steroid dienone is 1. The van der Waals surface area contributed by atoms with Crippen LogP contribution in [-0.4, -0.2) is 0 Å². The quantitative estimate of drug-likeness (QED) is 0.196. The second kappa shape index (κ2) is 7.48. The van der Waals surface area contributed by atoms with Crippen molar-refractivity contribution in [2.45, 2.75) is 52.0 Å². The van der Waals surface area contributed by atoms with Gasteiger partial charge in [-0.05, 0) is 58.8 Å². The Hall–Kier alpha value is -4.24. The lowest BCUT2D eigenvalue weighted by atomic mass is 9.74. The molecule has 196 valence electrons. The molecule has 1 aliphatic carbocycles. The highest BCUT2D eigenvalue weighted by Crippen LogP contribution is 2.55. The minimum absolute atomic E-state index is 0.157. The second-order valence-electron chi connectivity index (χ2n) is 12.3. The molecule has 40 heavy (non-hydrogen) atoms. The third kappa shape index (κ3) is 2.61. The first-order valence-corrected chi connectivity index (χ1v) is 14.1. The third-order valence-corrected chi connectivity index (χ3v) is 9.99. The van der Waals surface area contributed by atoms with Gasteiger partial charge in [0.15, 0.2) is 11.7 Å². The molecular weight excluding hydrogens is 493 g/mol. The van der Waals surface area contributed by atoms with E-state index in [1.54, 1.807) is 6.07 Å². The molecule has 0 amide bonds. The molecule has 6 aromatic rings. The summed E-state index contributed by atoms with van der Waals surface area (Å²) < 4.78 is 24.3. The summed E-state index contributed by atoms with van der Waals surface area (Å²) in [6, 6.07) is 22.6. The van der Waals surface area contributed by atoms with Gasteiger partial charge in [-0.3, -0.25) is 0 Å². The van der Waals surface area contributed by atoms with E-state index in [1.807, 2.05) is 18.2 Å². The Morgan fingerprint density at radius 1 is 0.850 bits per heavy atom. The van der Waals surface area contributed by atoms with Gasteiger partial charge in [0.2, 0.25) is 5.69 Å². The van der Waals surface area contributed by atoms with Crippen LogP contribution >= 0.6 is 0 Å². The van der Waals surface area contributed by atoms with E-state index in [1.165, 1.54) is 16.7 Å². The molecule has 0 radical (unpaired) electrons. The summed E-state index contributed by atoms with van der Waals surface area (Å²) in [5.41, 5.74) is 10.9. The number of furan rings is 1. The zero-order valence-electron chi connectivity index (χ0n) is 23.6. The van der Waals surface area contributed by atoms with Crippen LogP contribution in [0, 0.1) is 12.7 Å². The predicted octanol–water partition coefficient (Wildman–Crippen LogP) is 9.60. The fraction of sp³-hybridized carbons (Fsp3) is 0.216. The van der Waals surface area contributed by atoms with Crippen molar-refractivity contribution in [3.8, 4) is 22.4 Å². The second-order valence-corrected chi connectivity index (χ2v) is 12.3. The van der Waals surface area contributed by atoms with E-state index in [4.69, 9.17) is 11.0 Å². The van der Waals surface area contributed by atoms with Gasteiger partial charge in [0.25, 0.3) is 0 Å². The molecule has 0 fully saturated rings. The van der Waals surface area contributed by atoms with E-state index < -0.39 is 0 Å². The smallest absolute Gasteiger partial charge is 0.225 e. The third-order valence-electron chi connectivity index (χ3n) is 9.99. The predicted molar refractivity (Wildman–Crippen MR) is 162 cm³/mol. The van der Waals surface area contributed by atoms with Crippen LogP contribution in [0.15, 0.2) is 83.9 Å². The van der Waals surface area contributed by atoms with E-state index in [0.29, 0.717) is 0 Å². The molecule has 2 nitrogen and oxygen atoms in total. The maximum Gasteiger partial charge on any atom is 0.225 e. The normalized spacial score (nSPS) is 18.7. The van der Waals surface area contributed by atoms with Gasteiger partial charge >= 0.3 is 0 Å². The molecule has 0 bridgehead atoms. The van der Waals surface area contributed by atoms with Crippen molar-refractivity contribution in [1.29, 1.82) is 0 Å². The molecule has 3 heterocycles. The first-order chi connectivity index (χ1) is 19.2. The zero-order chi connectivity index (χ0) is 27.7. The Morgan fingerprint density at radius 3 is 2.45 bits per heavy atom. The number of pyridine rings is 1. The highest BCUT2D eigenvalue weighted by molar-refractivity contribution is 6.15. The van der Waals surface area contributed by atoms with Gasteiger partial charge in [0, 0.05) is 52.3 Å². The average molecular weight is 525 g/mol. The minimum Gasteiger partial charge on any atom is -0.455 e. The monoisotopic (exact) mass is 524 g/mol. The van der Waals surface area contributed by atoms with Gasteiger partial charge in [-0.2, -0.15) is 4.57 Å². The van der Waals surface area contributed by atoms with E-state index in [9.17, 15) is 0 Å². The van der Waals surface area contributed by atoms with Gasteiger partial charge in [0.1, 0.15) is 17.0 Å². The summed E-state index contributed by atoms with van der Waals surface area (Å²) in [5, 5.41) is 4.56. The summed E-state index contributed by atoms with van der Waals surface area (Å²) in [5.74, 6) is -0.157. The highest BCUT2D eigenvalue weighted by Gasteiger charge is 2.48. The van der Waals surface area contributed by atoms with Gasteiger partial charge in [-0.25, -0.2) is 4.39 Å². The molecule has 4 aromatic carbocycles. The minimum atomic E-state index is -0.332. The van der Waals surface area contributed by atoms with Gasteiger partial charge < -0.3 is 4.42 Å². The first-order valence-electron chi connectivity index (χ1n) is 14.1. The summed E-state index contributed by atoms with van der Waals surface area (Å²) in [7, 11) is 0. The van der Waals surface area contributed by atoms with Crippen LogP contribution < -0.4 is 4.57 Å². The fourth-order valence-corrected chi connectivity index (χ4v) is 7.76. The van der Waals surface area contributed by atoms with Crippen molar-refractivity contribution in [3.05, 3.63) is 108 Å². The Balaban J connectivity index is 1.58. The molecule has 1 aliphatic heterocycles. The van der Waals surface area contributed by atoms with E-state index in [-0.39, 0.29) is 16.8 Å². The number of benzene rings is 4. The number of fused-ring (bicyclic) bond motifs is 13. The number of aromatic nitrogens is 1. The van der Waals surface area contributed by atoms with Gasteiger partial charge in [-0.15, -0.1) is 0 Å². The first kappa shape index (κ1) is 23.6. The SMILES string of the molecule is C=C1c2c(C)cc3c(oc4ccccc43)c2-c2c3ccc4c(c3cc[n+]2C1(C)CC)C(C)(C)c1cccc(F)c1-4. The van der Waals surface area contributed by atoms with E-state index in [2.05, 4.69) is 87.8 Å². The molecule has 1 unspecified atom stereocenters. The van der Waals surface area contributed by atoms with Crippen LogP contribution in [0.5, 0.6) is 0 Å². The maximum absolute atomic E-state index is 15.3. The van der Waals surface area contributed by atoms with Crippen molar-refractivity contribution >= 4 is 38.3 Å². The lowest BCUT2D eigenvalue weighted by molar-refractivity contribution is -0.736. The van der Waals surface area contributed by atoms with Crippen LogP contribution in [0.3, 0.4) is 0 Å². The van der Waals surface area contributed by atoms with Crippen molar-refractivity contribution in [1.82, 2.24) is 0 Å². The highest BCUT2D eigenvalue weighted by atomic mass is 19.1. The van der Waals surface area contributed by atoms with Gasteiger partial charge in [-0.1, -0.05) is 63.7 Å². The number of rotatable bonds is 1. The molecule has 0 spiro atoms. The van der Waals surface area contributed by atoms with Crippen molar-refractivity contribution in [3.63, 3.8) is 0 Å². The van der Waals surface area contributed by atoms with E-state index >= 15 is 4.39 Å². The molecule has 0 N–H and O–H groups in total. The van der Waals surface area contributed by atoms with Crippen LogP contribution in [0.2, 0.25) is 0 Å². The zero-order valence-corrected chi connectivity index (χ0v) is 23.6. The largest absolute Gasteiger partial charge is 0.455 e. The van der Waals surface area contributed by atoms with Crippen LogP contribution in [-0.2, 0) is 11.0 Å². The lowest BCUT2D eigenvalue weighted by Crippen LogP contribution is -2.57. The number of halogens is 1. The van der Waals surface area contributed by atoms with Crippen molar-refractivity contribution < 1.29 is 13.4 Å². The Morgan fingerprint density at radius 2 is 1.65 bits per heavy atom.